The van der Waals surface area contributed by atoms with Gasteiger partial charge in [0.1, 0.15) is 5.69 Å². The van der Waals surface area contributed by atoms with Gasteiger partial charge in [-0.1, -0.05) is 0 Å². The van der Waals surface area contributed by atoms with E-state index in [2.05, 4.69) is 4.98 Å². The van der Waals surface area contributed by atoms with Crippen LogP contribution < -0.4 is 0 Å². The van der Waals surface area contributed by atoms with Gasteiger partial charge in [0.15, 0.2) is 0 Å². The largest absolute Gasteiger partial charge is 0.338 e. The maximum absolute atomic E-state index is 11.8. The van der Waals surface area contributed by atoms with Gasteiger partial charge in [-0.3, -0.25) is 9.78 Å². The normalized spacial score (nSPS) is 9.80. The van der Waals surface area contributed by atoms with E-state index in [-0.39, 0.29) is 11.9 Å². The van der Waals surface area contributed by atoms with Crippen molar-refractivity contribution < 1.29 is 4.79 Å². The molecule has 1 rings (SSSR count). The zero-order valence-corrected chi connectivity index (χ0v) is 9.06. The second-order valence-electron chi connectivity index (χ2n) is 3.55. The number of nitriles is 1. The van der Waals surface area contributed by atoms with Crippen molar-refractivity contribution in [1.29, 1.82) is 5.26 Å². The summed E-state index contributed by atoms with van der Waals surface area (Å²) in [5, 5.41) is 8.69. The Labute approximate surface area is 89.2 Å². The van der Waals surface area contributed by atoms with E-state index in [0.29, 0.717) is 11.3 Å². The SMILES string of the molecule is CC(C)N(C)C(=O)c1cc(C#N)ccn1. The number of amides is 1. The molecule has 0 fully saturated rings. The summed E-state index contributed by atoms with van der Waals surface area (Å²) in [6.45, 7) is 3.85. The zero-order chi connectivity index (χ0) is 11.4. The third-order valence-corrected chi connectivity index (χ3v) is 2.20. The molecule has 0 aromatic carbocycles. The molecule has 1 aromatic heterocycles. The minimum Gasteiger partial charge on any atom is -0.338 e. The lowest BCUT2D eigenvalue weighted by atomic mass is 10.2. The smallest absolute Gasteiger partial charge is 0.272 e. The maximum atomic E-state index is 11.8. The van der Waals surface area contributed by atoms with Crippen molar-refractivity contribution in [2.24, 2.45) is 0 Å². The van der Waals surface area contributed by atoms with Crippen molar-refractivity contribution in [2.75, 3.05) is 7.05 Å². The fourth-order valence-electron chi connectivity index (χ4n) is 1.03. The minimum atomic E-state index is -0.165. The molecular weight excluding hydrogens is 190 g/mol. The highest BCUT2D eigenvalue weighted by molar-refractivity contribution is 5.92. The van der Waals surface area contributed by atoms with E-state index in [1.807, 2.05) is 19.9 Å². The Hall–Kier alpha value is -1.89. The topological polar surface area (TPSA) is 57.0 Å². The Morgan fingerprint density at radius 3 is 2.80 bits per heavy atom. The highest BCUT2D eigenvalue weighted by Gasteiger charge is 2.15. The molecule has 0 aliphatic rings. The number of aromatic nitrogens is 1. The molecule has 0 saturated carbocycles. The van der Waals surface area contributed by atoms with Crippen molar-refractivity contribution in [3.63, 3.8) is 0 Å². The zero-order valence-electron chi connectivity index (χ0n) is 9.06. The van der Waals surface area contributed by atoms with Gasteiger partial charge in [-0.25, -0.2) is 0 Å². The van der Waals surface area contributed by atoms with Gasteiger partial charge in [-0.05, 0) is 26.0 Å². The molecule has 4 nitrogen and oxygen atoms in total. The molecule has 0 radical (unpaired) electrons. The molecule has 1 aromatic rings. The maximum Gasteiger partial charge on any atom is 0.272 e. The van der Waals surface area contributed by atoms with Crippen LogP contribution in [0.4, 0.5) is 0 Å². The lowest BCUT2D eigenvalue weighted by Crippen LogP contribution is -2.33. The summed E-state index contributed by atoms with van der Waals surface area (Å²) >= 11 is 0. The first-order valence-corrected chi connectivity index (χ1v) is 4.69. The van der Waals surface area contributed by atoms with E-state index < -0.39 is 0 Å². The number of rotatable bonds is 2. The summed E-state index contributed by atoms with van der Waals surface area (Å²) in [5.74, 6) is -0.165. The monoisotopic (exact) mass is 203 g/mol. The average Bonchev–Trinajstić information content (AvgIpc) is 2.27. The minimum absolute atomic E-state index is 0.116. The van der Waals surface area contributed by atoms with Gasteiger partial charge in [0, 0.05) is 19.3 Å². The summed E-state index contributed by atoms with van der Waals surface area (Å²) in [7, 11) is 1.72. The number of hydrogen-bond acceptors (Lipinski definition) is 3. The molecule has 1 heterocycles. The van der Waals surface area contributed by atoms with Gasteiger partial charge in [0.25, 0.3) is 5.91 Å². The molecule has 78 valence electrons. The molecule has 0 unspecified atom stereocenters. The fourth-order valence-corrected chi connectivity index (χ4v) is 1.03. The van der Waals surface area contributed by atoms with E-state index in [1.165, 1.54) is 12.3 Å². The van der Waals surface area contributed by atoms with Crippen LogP contribution in [0.25, 0.3) is 0 Å². The van der Waals surface area contributed by atoms with E-state index in [4.69, 9.17) is 5.26 Å². The molecule has 0 aliphatic carbocycles. The summed E-state index contributed by atoms with van der Waals surface area (Å²) in [4.78, 5) is 17.3. The predicted molar refractivity (Wildman–Crippen MR) is 56.2 cm³/mol. The summed E-state index contributed by atoms with van der Waals surface area (Å²) in [6.07, 6.45) is 1.47. The third-order valence-electron chi connectivity index (χ3n) is 2.20. The Kier molecular flexibility index (Phi) is 3.40. The van der Waals surface area contributed by atoms with Gasteiger partial charge in [-0.15, -0.1) is 0 Å². The van der Waals surface area contributed by atoms with Gasteiger partial charge < -0.3 is 4.90 Å². The van der Waals surface area contributed by atoms with E-state index >= 15 is 0 Å². The molecular formula is C11H13N3O. The molecule has 0 N–H and O–H groups in total. The quantitative estimate of drug-likeness (QED) is 0.730. The number of carbonyl (C=O) groups excluding carboxylic acids is 1. The molecule has 0 atom stereocenters. The van der Waals surface area contributed by atoms with E-state index in [1.54, 1.807) is 18.0 Å². The lowest BCUT2D eigenvalue weighted by molar-refractivity contribution is 0.0749. The van der Waals surface area contributed by atoms with Gasteiger partial charge in [0.2, 0.25) is 0 Å². The van der Waals surface area contributed by atoms with Crippen molar-refractivity contribution in [2.45, 2.75) is 19.9 Å². The number of nitrogens with zero attached hydrogens (tertiary/aromatic N) is 3. The molecule has 4 heteroatoms. The van der Waals surface area contributed by atoms with Crippen molar-refractivity contribution in [3.8, 4) is 6.07 Å². The van der Waals surface area contributed by atoms with Crippen LogP contribution in [0.1, 0.15) is 29.9 Å². The first-order valence-electron chi connectivity index (χ1n) is 4.69. The van der Waals surface area contributed by atoms with Crippen molar-refractivity contribution in [3.05, 3.63) is 29.6 Å². The summed E-state index contributed by atoms with van der Waals surface area (Å²) in [5.41, 5.74) is 0.760. The van der Waals surface area contributed by atoms with Crippen LogP contribution in [0.2, 0.25) is 0 Å². The van der Waals surface area contributed by atoms with Crippen LogP contribution >= 0.6 is 0 Å². The highest BCUT2D eigenvalue weighted by atomic mass is 16.2. The van der Waals surface area contributed by atoms with Crippen LogP contribution in [-0.4, -0.2) is 28.9 Å². The molecule has 15 heavy (non-hydrogen) atoms. The Bertz CT molecular complexity index is 407. The Morgan fingerprint density at radius 2 is 2.27 bits per heavy atom. The second-order valence-corrected chi connectivity index (χ2v) is 3.55. The van der Waals surface area contributed by atoms with Gasteiger partial charge in [0.05, 0.1) is 11.6 Å². The second kappa shape index (κ2) is 4.56. The highest BCUT2D eigenvalue weighted by Crippen LogP contribution is 2.05. The first-order chi connectivity index (χ1) is 7.06. The number of carbonyl (C=O) groups is 1. The van der Waals surface area contributed by atoms with Crippen molar-refractivity contribution >= 4 is 5.91 Å². The third kappa shape index (κ3) is 2.53. The van der Waals surface area contributed by atoms with Crippen LogP contribution in [0.5, 0.6) is 0 Å². The summed E-state index contributed by atoms with van der Waals surface area (Å²) < 4.78 is 0. The van der Waals surface area contributed by atoms with Crippen molar-refractivity contribution in [1.82, 2.24) is 9.88 Å². The van der Waals surface area contributed by atoms with Crippen LogP contribution in [0.3, 0.4) is 0 Å². The molecule has 0 spiro atoms. The average molecular weight is 203 g/mol. The number of hydrogen-bond donors (Lipinski definition) is 0. The van der Waals surface area contributed by atoms with E-state index in [9.17, 15) is 4.79 Å². The first kappa shape index (κ1) is 11.2. The predicted octanol–water partition coefficient (Wildman–Crippen LogP) is 1.43. The summed E-state index contributed by atoms with van der Waals surface area (Å²) in [6, 6.07) is 5.17. The van der Waals surface area contributed by atoms with Crippen LogP contribution in [0.15, 0.2) is 18.3 Å². The molecule has 1 amide bonds. The fraction of sp³-hybridized carbons (Fsp3) is 0.364. The van der Waals surface area contributed by atoms with Gasteiger partial charge >= 0.3 is 0 Å². The van der Waals surface area contributed by atoms with Gasteiger partial charge in [-0.2, -0.15) is 5.26 Å². The van der Waals surface area contributed by atoms with E-state index in [0.717, 1.165) is 0 Å². The molecule has 0 bridgehead atoms. The Balaban J connectivity index is 2.97. The molecule has 0 saturated heterocycles. The molecule has 0 aliphatic heterocycles. The van der Waals surface area contributed by atoms with Crippen LogP contribution in [0, 0.1) is 11.3 Å². The standard InChI is InChI=1S/C11H13N3O/c1-8(2)14(3)11(15)10-6-9(7-12)4-5-13-10/h4-6,8H,1-3H3. The number of pyridine rings is 1. The Morgan fingerprint density at radius 1 is 1.60 bits per heavy atom. The lowest BCUT2D eigenvalue weighted by Gasteiger charge is -2.20. The van der Waals surface area contributed by atoms with Crippen LogP contribution in [-0.2, 0) is 0 Å².